The Hall–Kier alpha value is -3.33. The first-order valence-electron chi connectivity index (χ1n) is 10.0. The minimum atomic E-state index is -0.342. The topological polar surface area (TPSA) is 98.8 Å². The summed E-state index contributed by atoms with van der Waals surface area (Å²) in [5, 5.41) is 6.01. The molecule has 0 aliphatic carbocycles. The van der Waals surface area contributed by atoms with E-state index in [1.807, 2.05) is 26.8 Å². The highest BCUT2D eigenvalue weighted by molar-refractivity contribution is 7.22. The van der Waals surface area contributed by atoms with Crippen molar-refractivity contribution < 1.29 is 23.8 Å². The summed E-state index contributed by atoms with van der Waals surface area (Å²) in [7, 11) is 0. The predicted octanol–water partition coefficient (Wildman–Crippen LogP) is 4.70. The van der Waals surface area contributed by atoms with E-state index in [0.717, 1.165) is 10.2 Å². The Morgan fingerprint density at radius 1 is 0.935 bits per heavy atom. The lowest BCUT2D eigenvalue weighted by atomic mass is 10.1. The smallest absolute Gasteiger partial charge is 0.257 e. The second-order valence-corrected chi connectivity index (χ2v) is 7.47. The summed E-state index contributed by atoms with van der Waals surface area (Å²) in [6.07, 6.45) is 0. The summed E-state index contributed by atoms with van der Waals surface area (Å²) in [4.78, 5) is 28.6. The number of anilines is 2. The van der Waals surface area contributed by atoms with Crippen LogP contribution in [0.5, 0.6) is 17.2 Å². The van der Waals surface area contributed by atoms with E-state index < -0.39 is 0 Å². The maximum absolute atomic E-state index is 12.9. The van der Waals surface area contributed by atoms with Gasteiger partial charge in [-0.3, -0.25) is 14.9 Å². The average Bonchev–Trinajstić information content (AvgIpc) is 3.11. The third-order valence-corrected chi connectivity index (χ3v) is 5.03. The second-order valence-electron chi connectivity index (χ2n) is 6.44. The maximum Gasteiger partial charge on any atom is 0.257 e. The minimum Gasteiger partial charge on any atom is -0.490 e. The molecular weight excluding hydrogens is 418 g/mol. The van der Waals surface area contributed by atoms with Crippen molar-refractivity contribution in [3.63, 3.8) is 0 Å². The third-order valence-electron chi connectivity index (χ3n) is 4.10. The lowest BCUT2D eigenvalue weighted by Crippen LogP contribution is -2.13. The quantitative estimate of drug-likeness (QED) is 0.497. The van der Waals surface area contributed by atoms with Gasteiger partial charge in [-0.15, -0.1) is 0 Å². The average molecular weight is 444 g/mol. The van der Waals surface area contributed by atoms with Crippen molar-refractivity contribution >= 4 is 44.2 Å². The number of hydrogen-bond acceptors (Lipinski definition) is 7. The van der Waals surface area contributed by atoms with Crippen LogP contribution in [0.3, 0.4) is 0 Å². The largest absolute Gasteiger partial charge is 0.490 e. The fourth-order valence-electron chi connectivity index (χ4n) is 2.95. The van der Waals surface area contributed by atoms with Crippen LogP contribution < -0.4 is 24.8 Å². The number of rotatable bonds is 9. The lowest BCUT2D eigenvalue weighted by molar-refractivity contribution is -0.114. The number of fused-ring (bicyclic) bond motifs is 1. The molecule has 1 aromatic heterocycles. The van der Waals surface area contributed by atoms with E-state index in [4.69, 9.17) is 14.2 Å². The molecular formula is C22H25N3O5S. The molecule has 2 N–H and O–H groups in total. The van der Waals surface area contributed by atoms with E-state index in [1.165, 1.54) is 18.3 Å². The SMILES string of the molecule is CCOc1cc(C(=O)Nc2nc3ccc(NC(C)=O)cc3s2)cc(OCC)c1OCC. The van der Waals surface area contributed by atoms with Crippen molar-refractivity contribution in [2.45, 2.75) is 27.7 Å². The molecule has 9 heteroatoms. The van der Waals surface area contributed by atoms with Crippen molar-refractivity contribution in [1.82, 2.24) is 4.98 Å². The van der Waals surface area contributed by atoms with Crippen LogP contribution in [0.15, 0.2) is 30.3 Å². The van der Waals surface area contributed by atoms with E-state index in [1.54, 1.807) is 24.3 Å². The molecule has 0 saturated carbocycles. The summed E-state index contributed by atoms with van der Waals surface area (Å²) < 4.78 is 17.9. The Bertz CT molecular complexity index is 1070. The molecule has 0 radical (unpaired) electrons. The van der Waals surface area contributed by atoms with Crippen molar-refractivity contribution in [2.24, 2.45) is 0 Å². The Morgan fingerprint density at radius 3 is 2.16 bits per heavy atom. The van der Waals surface area contributed by atoms with Gasteiger partial charge in [0, 0.05) is 18.2 Å². The first-order valence-corrected chi connectivity index (χ1v) is 10.8. The predicted molar refractivity (Wildman–Crippen MR) is 122 cm³/mol. The molecule has 0 aliphatic rings. The van der Waals surface area contributed by atoms with Crippen LogP contribution in [0.2, 0.25) is 0 Å². The Kier molecular flexibility index (Phi) is 7.30. The highest BCUT2D eigenvalue weighted by Crippen LogP contribution is 2.39. The molecule has 0 atom stereocenters. The number of ether oxygens (including phenoxy) is 3. The summed E-state index contributed by atoms with van der Waals surface area (Å²) in [6, 6.07) is 8.65. The van der Waals surface area contributed by atoms with E-state index in [9.17, 15) is 9.59 Å². The maximum atomic E-state index is 12.9. The minimum absolute atomic E-state index is 0.150. The zero-order valence-corrected chi connectivity index (χ0v) is 18.7. The second kappa shape index (κ2) is 10.1. The van der Waals surface area contributed by atoms with Gasteiger partial charge in [-0.2, -0.15) is 0 Å². The van der Waals surface area contributed by atoms with Gasteiger partial charge < -0.3 is 19.5 Å². The highest BCUT2D eigenvalue weighted by atomic mass is 32.1. The van der Waals surface area contributed by atoms with Gasteiger partial charge in [0.25, 0.3) is 5.91 Å². The van der Waals surface area contributed by atoms with Crippen LogP contribution >= 0.6 is 11.3 Å². The van der Waals surface area contributed by atoms with Gasteiger partial charge in [0.1, 0.15) is 0 Å². The number of benzene rings is 2. The van der Waals surface area contributed by atoms with Gasteiger partial charge in [0.2, 0.25) is 11.7 Å². The number of nitrogens with one attached hydrogen (secondary N) is 2. The number of carbonyl (C=O) groups excluding carboxylic acids is 2. The van der Waals surface area contributed by atoms with Gasteiger partial charge >= 0.3 is 0 Å². The van der Waals surface area contributed by atoms with E-state index in [-0.39, 0.29) is 11.8 Å². The number of hydrogen-bond donors (Lipinski definition) is 2. The van der Waals surface area contributed by atoms with Crippen molar-refractivity contribution in [2.75, 3.05) is 30.5 Å². The van der Waals surface area contributed by atoms with Gasteiger partial charge in [-0.05, 0) is 51.1 Å². The zero-order chi connectivity index (χ0) is 22.4. The first kappa shape index (κ1) is 22.4. The van der Waals surface area contributed by atoms with Gasteiger partial charge in [-0.25, -0.2) is 4.98 Å². The number of carbonyl (C=O) groups is 2. The fourth-order valence-corrected chi connectivity index (χ4v) is 3.85. The van der Waals surface area contributed by atoms with E-state index in [0.29, 0.717) is 53.5 Å². The Labute approximate surface area is 184 Å². The van der Waals surface area contributed by atoms with Crippen LogP contribution in [0, 0.1) is 0 Å². The molecule has 3 aromatic rings. The Morgan fingerprint density at radius 2 is 1.58 bits per heavy atom. The normalized spacial score (nSPS) is 10.6. The van der Waals surface area contributed by atoms with E-state index >= 15 is 0 Å². The highest BCUT2D eigenvalue weighted by Gasteiger charge is 2.19. The summed E-state index contributed by atoms with van der Waals surface area (Å²) in [6.45, 7) is 8.33. The molecule has 164 valence electrons. The van der Waals surface area contributed by atoms with Gasteiger partial charge in [-0.1, -0.05) is 11.3 Å². The molecule has 2 amide bonds. The number of nitrogens with zero attached hydrogens (tertiary/aromatic N) is 1. The standard InChI is InChI=1S/C22H25N3O5S/c1-5-28-17-10-14(11-18(29-6-2)20(17)30-7-3)21(27)25-22-24-16-9-8-15(23-13(4)26)12-19(16)31-22/h8-12H,5-7H2,1-4H3,(H,23,26)(H,24,25,27). The molecule has 1 heterocycles. The molecule has 3 rings (SSSR count). The van der Waals surface area contributed by atoms with Crippen molar-refractivity contribution in [1.29, 1.82) is 0 Å². The lowest BCUT2D eigenvalue weighted by Gasteiger charge is -2.16. The summed E-state index contributed by atoms with van der Waals surface area (Å²) in [5.74, 6) is 0.886. The fraction of sp³-hybridized carbons (Fsp3) is 0.318. The van der Waals surface area contributed by atoms with E-state index in [2.05, 4.69) is 15.6 Å². The Balaban J connectivity index is 1.88. The van der Waals surface area contributed by atoms with Crippen LogP contribution in [-0.4, -0.2) is 36.6 Å². The molecule has 0 spiro atoms. The molecule has 0 bridgehead atoms. The van der Waals surface area contributed by atoms with Crippen LogP contribution in [0.25, 0.3) is 10.2 Å². The number of thiazole rings is 1. The molecule has 0 aliphatic heterocycles. The number of aromatic nitrogens is 1. The molecule has 2 aromatic carbocycles. The van der Waals surface area contributed by atoms with Crippen molar-refractivity contribution in [3.8, 4) is 17.2 Å². The van der Waals surface area contributed by atoms with Crippen LogP contribution in [0.1, 0.15) is 38.1 Å². The van der Waals surface area contributed by atoms with Crippen LogP contribution in [0.4, 0.5) is 10.8 Å². The molecule has 0 fully saturated rings. The van der Waals surface area contributed by atoms with Gasteiger partial charge in [0.05, 0.1) is 30.0 Å². The first-order chi connectivity index (χ1) is 14.9. The molecule has 8 nitrogen and oxygen atoms in total. The van der Waals surface area contributed by atoms with Crippen LogP contribution in [-0.2, 0) is 4.79 Å². The van der Waals surface area contributed by atoms with Gasteiger partial charge in [0.15, 0.2) is 16.6 Å². The monoisotopic (exact) mass is 443 g/mol. The molecule has 0 saturated heterocycles. The zero-order valence-electron chi connectivity index (χ0n) is 17.9. The van der Waals surface area contributed by atoms with Crippen molar-refractivity contribution in [3.05, 3.63) is 35.9 Å². The molecule has 0 unspecified atom stereocenters. The molecule has 31 heavy (non-hydrogen) atoms. The third kappa shape index (κ3) is 5.43. The summed E-state index contributed by atoms with van der Waals surface area (Å²) >= 11 is 1.32. The number of amides is 2. The summed E-state index contributed by atoms with van der Waals surface area (Å²) in [5.41, 5.74) is 1.77.